The topological polar surface area (TPSA) is 59.5 Å². The molecular formula is C19H20N2O2. The molecule has 4 rings (SSSR count). The average Bonchev–Trinajstić information content (AvgIpc) is 3.19. The number of nitrogens with zero attached hydrogens (tertiary/aromatic N) is 1. The van der Waals surface area contributed by atoms with Crippen LogP contribution in [0.2, 0.25) is 0 Å². The third-order valence-electron chi connectivity index (χ3n) is 4.93. The lowest BCUT2D eigenvalue weighted by molar-refractivity contribution is 0.0757. The van der Waals surface area contributed by atoms with Crippen LogP contribution in [0.25, 0.3) is 21.7 Å². The number of nitrogens with two attached hydrogens (primary N) is 1. The number of carbonyl (C=O) groups is 1. The third kappa shape index (κ3) is 2.21. The van der Waals surface area contributed by atoms with Crippen LogP contribution in [-0.2, 0) is 0 Å². The van der Waals surface area contributed by atoms with Crippen LogP contribution < -0.4 is 5.73 Å². The fourth-order valence-corrected chi connectivity index (χ4v) is 3.51. The highest BCUT2D eigenvalue weighted by Gasteiger charge is 2.29. The smallest absolute Gasteiger partial charge is 0.289 e. The summed E-state index contributed by atoms with van der Waals surface area (Å²) in [5.41, 5.74) is 7.45. The molecule has 1 saturated heterocycles. The molecule has 1 unspecified atom stereocenters. The first kappa shape index (κ1) is 14.3. The summed E-state index contributed by atoms with van der Waals surface area (Å²) in [5.74, 6) is 0.859. The van der Waals surface area contributed by atoms with E-state index in [0.29, 0.717) is 18.2 Å². The molecule has 1 atom stereocenters. The Morgan fingerprint density at radius 2 is 2.09 bits per heavy atom. The summed E-state index contributed by atoms with van der Waals surface area (Å²) >= 11 is 0. The van der Waals surface area contributed by atoms with Gasteiger partial charge in [0.25, 0.3) is 5.91 Å². The van der Waals surface area contributed by atoms with E-state index in [1.807, 2.05) is 36.1 Å². The second-order valence-corrected chi connectivity index (χ2v) is 6.36. The first-order chi connectivity index (χ1) is 11.2. The Morgan fingerprint density at radius 3 is 2.87 bits per heavy atom. The quantitative estimate of drug-likeness (QED) is 0.790. The Kier molecular flexibility index (Phi) is 3.34. The van der Waals surface area contributed by atoms with Gasteiger partial charge in [0.15, 0.2) is 5.76 Å². The second kappa shape index (κ2) is 5.39. The van der Waals surface area contributed by atoms with E-state index in [1.165, 1.54) is 0 Å². The predicted octanol–water partition coefficient (Wildman–Crippen LogP) is 3.32. The van der Waals surface area contributed by atoms with Crippen molar-refractivity contribution in [1.29, 1.82) is 0 Å². The molecule has 1 amide bonds. The Balaban J connectivity index is 1.80. The molecule has 118 valence electrons. The Hall–Kier alpha value is -2.33. The number of furan rings is 1. The summed E-state index contributed by atoms with van der Waals surface area (Å²) in [5, 5.41) is 3.19. The Labute approximate surface area is 134 Å². The third-order valence-corrected chi connectivity index (χ3v) is 4.93. The molecule has 1 fully saturated rings. The fraction of sp³-hybridized carbons (Fsp3) is 0.316. The maximum absolute atomic E-state index is 12.8. The Bertz CT molecular complexity index is 897. The number of fused-ring (bicyclic) bond motifs is 3. The molecule has 1 aromatic heterocycles. The monoisotopic (exact) mass is 308 g/mol. The van der Waals surface area contributed by atoms with Gasteiger partial charge in [0.1, 0.15) is 5.58 Å². The zero-order valence-corrected chi connectivity index (χ0v) is 13.2. The summed E-state index contributed by atoms with van der Waals surface area (Å²) in [6, 6.07) is 12.2. The molecule has 3 aromatic rings. The van der Waals surface area contributed by atoms with Gasteiger partial charge < -0.3 is 15.1 Å². The second-order valence-electron chi connectivity index (χ2n) is 6.36. The first-order valence-corrected chi connectivity index (χ1v) is 8.09. The van der Waals surface area contributed by atoms with Crippen molar-refractivity contribution in [2.75, 3.05) is 19.6 Å². The van der Waals surface area contributed by atoms with Crippen LogP contribution in [0, 0.1) is 12.8 Å². The van der Waals surface area contributed by atoms with Gasteiger partial charge in [-0.25, -0.2) is 0 Å². The molecule has 0 bridgehead atoms. The molecule has 0 aliphatic carbocycles. The standard InChI is InChI=1S/C19H20N2O2/c1-12-15-7-6-14-4-2-3-5-16(14)18(15)23-17(12)19(22)21-9-8-13(10-20)11-21/h2-7,13H,8-11,20H2,1H3. The minimum atomic E-state index is -0.0151. The number of carbonyl (C=O) groups excluding carboxylic acids is 1. The van der Waals surface area contributed by atoms with Crippen molar-refractivity contribution in [3.63, 3.8) is 0 Å². The largest absolute Gasteiger partial charge is 0.450 e. The van der Waals surface area contributed by atoms with E-state index in [0.717, 1.165) is 46.8 Å². The van der Waals surface area contributed by atoms with E-state index in [9.17, 15) is 4.79 Å². The molecule has 1 aliphatic heterocycles. The van der Waals surface area contributed by atoms with E-state index in [4.69, 9.17) is 10.2 Å². The molecule has 2 N–H and O–H groups in total. The number of likely N-dealkylation sites (tertiary alicyclic amines) is 1. The summed E-state index contributed by atoms with van der Waals surface area (Å²) in [6.45, 7) is 4.09. The number of hydrogen-bond acceptors (Lipinski definition) is 3. The number of hydrogen-bond donors (Lipinski definition) is 1. The molecule has 4 heteroatoms. The van der Waals surface area contributed by atoms with Crippen LogP contribution >= 0.6 is 0 Å². The number of aryl methyl sites for hydroxylation is 1. The van der Waals surface area contributed by atoms with E-state index in [1.54, 1.807) is 0 Å². The van der Waals surface area contributed by atoms with Gasteiger partial charge in [-0.15, -0.1) is 0 Å². The van der Waals surface area contributed by atoms with Crippen molar-refractivity contribution in [3.8, 4) is 0 Å². The van der Waals surface area contributed by atoms with Crippen molar-refractivity contribution in [1.82, 2.24) is 4.90 Å². The van der Waals surface area contributed by atoms with Crippen molar-refractivity contribution in [3.05, 3.63) is 47.7 Å². The summed E-state index contributed by atoms with van der Waals surface area (Å²) in [6.07, 6.45) is 0.977. The zero-order valence-electron chi connectivity index (χ0n) is 13.2. The van der Waals surface area contributed by atoms with Gasteiger partial charge in [-0.05, 0) is 31.2 Å². The number of rotatable bonds is 2. The highest BCUT2D eigenvalue weighted by Crippen LogP contribution is 2.32. The summed E-state index contributed by atoms with van der Waals surface area (Å²) in [4.78, 5) is 14.7. The molecular weight excluding hydrogens is 288 g/mol. The lowest BCUT2D eigenvalue weighted by Gasteiger charge is -2.14. The lowest BCUT2D eigenvalue weighted by Crippen LogP contribution is -2.30. The lowest BCUT2D eigenvalue weighted by atomic mass is 10.1. The highest BCUT2D eigenvalue weighted by atomic mass is 16.3. The van der Waals surface area contributed by atoms with Crippen molar-refractivity contribution < 1.29 is 9.21 Å². The number of amides is 1. The van der Waals surface area contributed by atoms with Gasteiger partial charge in [-0.1, -0.05) is 36.4 Å². The summed E-state index contributed by atoms with van der Waals surface area (Å²) < 4.78 is 6.03. The molecule has 1 aliphatic rings. The first-order valence-electron chi connectivity index (χ1n) is 8.09. The maximum Gasteiger partial charge on any atom is 0.289 e. The summed E-state index contributed by atoms with van der Waals surface area (Å²) in [7, 11) is 0. The minimum absolute atomic E-state index is 0.0151. The highest BCUT2D eigenvalue weighted by molar-refractivity contribution is 6.08. The van der Waals surface area contributed by atoms with E-state index in [2.05, 4.69) is 12.1 Å². The van der Waals surface area contributed by atoms with E-state index >= 15 is 0 Å². The zero-order chi connectivity index (χ0) is 16.0. The van der Waals surface area contributed by atoms with Gasteiger partial charge in [-0.2, -0.15) is 0 Å². The molecule has 2 aromatic carbocycles. The van der Waals surface area contributed by atoms with Gasteiger partial charge in [0.05, 0.1) is 0 Å². The molecule has 4 nitrogen and oxygen atoms in total. The van der Waals surface area contributed by atoms with Crippen LogP contribution in [0.4, 0.5) is 0 Å². The van der Waals surface area contributed by atoms with Gasteiger partial charge in [0.2, 0.25) is 0 Å². The van der Waals surface area contributed by atoms with Crippen LogP contribution in [0.3, 0.4) is 0 Å². The van der Waals surface area contributed by atoms with Crippen LogP contribution in [-0.4, -0.2) is 30.4 Å². The molecule has 23 heavy (non-hydrogen) atoms. The average molecular weight is 308 g/mol. The van der Waals surface area contributed by atoms with E-state index in [-0.39, 0.29) is 5.91 Å². The normalized spacial score (nSPS) is 18.2. The van der Waals surface area contributed by atoms with Gasteiger partial charge in [-0.3, -0.25) is 4.79 Å². The van der Waals surface area contributed by atoms with E-state index < -0.39 is 0 Å². The van der Waals surface area contributed by atoms with Crippen molar-refractivity contribution >= 4 is 27.6 Å². The van der Waals surface area contributed by atoms with Gasteiger partial charge >= 0.3 is 0 Å². The van der Waals surface area contributed by atoms with Crippen LogP contribution in [0.5, 0.6) is 0 Å². The molecule has 2 heterocycles. The maximum atomic E-state index is 12.8. The van der Waals surface area contributed by atoms with Crippen LogP contribution in [0.15, 0.2) is 40.8 Å². The van der Waals surface area contributed by atoms with Crippen molar-refractivity contribution in [2.45, 2.75) is 13.3 Å². The fourth-order valence-electron chi connectivity index (χ4n) is 3.51. The SMILES string of the molecule is Cc1c(C(=O)N2CCC(CN)C2)oc2c1ccc1ccccc12. The minimum Gasteiger partial charge on any atom is -0.450 e. The molecule has 0 saturated carbocycles. The van der Waals surface area contributed by atoms with Crippen molar-refractivity contribution in [2.24, 2.45) is 11.7 Å². The molecule has 0 spiro atoms. The van der Waals surface area contributed by atoms with Gasteiger partial charge in [0, 0.05) is 29.4 Å². The molecule has 0 radical (unpaired) electrons. The number of benzene rings is 2. The van der Waals surface area contributed by atoms with Crippen LogP contribution in [0.1, 0.15) is 22.5 Å². The predicted molar refractivity (Wildman–Crippen MR) is 91.5 cm³/mol. The Morgan fingerprint density at radius 1 is 1.26 bits per heavy atom.